The SMILES string of the molecule is CC[C@@H](C)N(Cc1ccc(C)cc1)C[C@@H](O)COCc1ccccc1. The van der Waals surface area contributed by atoms with Gasteiger partial charge in [0.05, 0.1) is 19.3 Å². The van der Waals surface area contributed by atoms with Crippen molar-refractivity contribution in [1.82, 2.24) is 4.90 Å². The molecule has 3 heteroatoms. The van der Waals surface area contributed by atoms with E-state index in [1.807, 2.05) is 30.3 Å². The van der Waals surface area contributed by atoms with Crippen LogP contribution >= 0.6 is 0 Å². The Labute approximate surface area is 152 Å². The Hall–Kier alpha value is -1.68. The molecule has 2 rings (SSSR count). The zero-order valence-electron chi connectivity index (χ0n) is 15.7. The quantitative estimate of drug-likeness (QED) is 0.704. The first-order valence-corrected chi connectivity index (χ1v) is 9.17. The second kappa shape index (κ2) is 10.3. The van der Waals surface area contributed by atoms with E-state index in [-0.39, 0.29) is 0 Å². The molecule has 0 aliphatic rings. The number of aliphatic hydroxyl groups is 1. The van der Waals surface area contributed by atoms with Crippen molar-refractivity contribution in [3.63, 3.8) is 0 Å². The molecule has 25 heavy (non-hydrogen) atoms. The van der Waals surface area contributed by atoms with Crippen molar-refractivity contribution in [2.45, 2.75) is 52.5 Å². The lowest BCUT2D eigenvalue weighted by atomic mass is 10.1. The Morgan fingerprint density at radius 1 is 1.00 bits per heavy atom. The number of rotatable bonds is 10. The lowest BCUT2D eigenvalue weighted by Crippen LogP contribution is -2.39. The van der Waals surface area contributed by atoms with Crippen LogP contribution in [0.3, 0.4) is 0 Å². The fourth-order valence-electron chi connectivity index (χ4n) is 2.80. The van der Waals surface area contributed by atoms with Crippen molar-refractivity contribution in [2.24, 2.45) is 0 Å². The van der Waals surface area contributed by atoms with Crippen molar-refractivity contribution in [3.8, 4) is 0 Å². The van der Waals surface area contributed by atoms with E-state index in [2.05, 4.69) is 49.9 Å². The van der Waals surface area contributed by atoms with Gasteiger partial charge in [0.15, 0.2) is 0 Å². The van der Waals surface area contributed by atoms with Crippen LogP contribution in [0.2, 0.25) is 0 Å². The van der Waals surface area contributed by atoms with Crippen LogP contribution in [-0.4, -0.2) is 35.3 Å². The molecule has 1 N–H and O–H groups in total. The summed E-state index contributed by atoms with van der Waals surface area (Å²) in [4.78, 5) is 2.33. The van der Waals surface area contributed by atoms with Crippen molar-refractivity contribution in [3.05, 3.63) is 71.3 Å². The van der Waals surface area contributed by atoms with Crippen LogP contribution in [0, 0.1) is 6.92 Å². The normalized spacial score (nSPS) is 13.8. The third-order valence-electron chi connectivity index (χ3n) is 4.59. The number of aliphatic hydroxyl groups excluding tert-OH is 1. The summed E-state index contributed by atoms with van der Waals surface area (Å²) >= 11 is 0. The van der Waals surface area contributed by atoms with Gasteiger partial charge in [0.2, 0.25) is 0 Å². The van der Waals surface area contributed by atoms with Gasteiger partial charge in [0.1, 0.15) is 0 Å². The third-order valence-corrected chi connectivity index (χ3v) is 4.59. The Bertz CT molecular complexity index is 597. The van der Waals surface area contributed by atoms with Gasteiger partial charge in [-0.2, -0.15) is 0 Å². The van der Waals surface area contributed by atoms with E-state index >= 15 is 0 Å². The highest BCUT2D eigenvalue weighted by molar-refractivity contribution is 5.21. The minimum atomic E-state index is -0.483. The predicted octanol–water partition coefficient (Wildman–Crippen LogP) is 4.17. The Balaban J connectivity index is 1.84. The third kappa shape index (κ3) is 6.99. The molecule has 0 unspecified atom stereocenters. The molecular formula is C22H31NO2. The van der Waals surface area contributed by atoms with E-state index in [4.69, 9.17) is 4.74 Å². The Morgan fingerprint density at radius 2 is 1.68 bits per heavy atom. The van der Waals surface area contributed by atoms with E-state index in [0.29, 0.717) is 25.8 Å². The van der Waals surface area contributed by atoms with Crippen LogP contribution in [-0.2, 0) is 17.9 Å². The second-order valence-corrected chi connectivity index (χ2v) is 6.83. The van der Waals surface area contributed by atoms with Crippen LogP contribution in [0.15, 0.2) is 54.6 Å². The van der Waals surface area contributed by atoms with Crippen LogP contribution in [0.1, 0.15) is 37.0 Å². The fourth-order valence-corrected chi connectivity index (χ4v) is 2.80. The standard InChI is InChI=1S/C22H31NO2/c1-4-19(3)23(14-20-12-10-18(2)11-13-20)15-22(24)17-25-16-21-8-6-5-7-9-21/h5-13,19,22,24H,4,14-17H2,1-3H3/t19-,22-/m1/s1. The van der Waals surface area contributed by atoms with Gasteiger partial charge in [-0.15, -0.1) is 0 Å². The summed E-state index contributed by atoms with van der Waals surface area (Å²) in [6.07, 6.45) is 0.576. The van der Waals surface area contributed by atoms with E-state index in [1.165, 1.54) is 11.1 Å². The summed E-state index contributed by atoms with van der Waals surface area (Å²) in [7, 11) is 0. The van der Waals surface area contributed by atoms with Gasteiger partial charge in [-0.05, 0) is 31.4 Å². The van der Waals surface area contributed by atoms with Crippen molar-refractivity contribution < 1.29 is 9.84 Å². The molecule has 3 nitrogen and oxygen atoms in total. The first kappa shape index (κ1) is 19.6. The minimum Gasteiger partial charge on any atom is -0.389 e. The molecule has 0 heterocycles. The molecule has 136 valence electrons. The van der Waals surface area contributed by atoms with Gasteiger partial charge >= 0.3 is 0 Å². The maximum absolute atomic E-state index is 10.4. The van der Waals surface area contributed by atoms with Gasteiger partial charge < -0.3 is 9.84 Å². The first-order chi connectivity index (χ1) is 12.1. The maximum atomic E-state index is 10.4. The molecule has 0 radical (unpaired) electrons. The number of nitrogens with zero attached hydrogens (tertiary/aromatic N) is 1. The van der Waals surface area contributed by atoms with Gasteiger partial charge in [0, 0.05) is 19.1 Å². The van der Waals surface area contributed by atoms with Crippen molar-refractivity contribution >= 4 is 0 Å². The second-order valence-electron chi connectivity index (χ2n) is 6.83. The summed E-state index contributed by atoms with van der Waals surface area (Å²) in [5.74, 6) is 0. The maximum Gasteiger partial charge on any atom is 0.0900 e. The van der Waals surface area contributed by atoms with Gasteiger partial charge in [0.25, 0.3) is 0 Å². The summed E-state index contributed by atoms with van der Waals surface area (Å²) in [6, 6.07) is 19.1. The van der Waals surface area contributed by atoms with E-state index < -0.39 is 6.10 Å². The van der Waals surface area contributed by atoms with Gasteiger partial charge in [-0.25, -0.2) is 0 Å². The molecule has 0 fully saturated rings. The van der Waals surface area contributed by atoms with Crippen LogP contribution in [0.4, 0.5) is 0 Å². The van der Waals surface area contributed by atoms with Crippen molar-refractivity contribution in [2.75, 3.05) is 13.2 Å². The topological polar surface area (TPSA) is 32.7 Å². The highest BCUT2D eigenvalue weighted by atomic mass is 16.5. The van der Waals surface area contributed by atoms with E-state index in [0.717, 1.165) is 18.5 Å². The monoisotopic (exact) mass is 341 g/mol. The predicted molar refractivity (Wildman–Crippen MR) is 103 cm³/mol. The molecular weight excluding hydrogens is 310 g/mol. The fraction of sp³-hybridized carbons (Fsp3) is 0.455. The highest BCUT2D eigenvalue weighted by Crippen LogP contribution is 2.13. The lowest BCUT2D eigenvalue weighted by Gasteiger charge is -2.30. The molecule has 0 saturated heterocycles. The average molecular weight is 341 g/mol. The number of benzene rings is 2. The zero-order valence-corrected chi connectivity index (χ0v) is 15.7. The molecule has 0 aliphatic heterocycles. The molecule has 2 aromatic carbocycles. The van der Waals surface area contributed by atoms with Crippen LogP contribution in [0.5, 0.6) is 0 Å². The Morgan fingerprint density at radius 3 is 2.32 bits per heavy atom. The van der Waals surface area contributed by atoms with E-state index in [9.17, 15) is 5.11 Å². The summed E-state index contributed by atoms with van der Waals surface area (Å²) < 4.78 is 5.69. The number of hydrogen-bond donors (Lipinski definition) is 1. The lowest BCUT2D eigenvalue weighted by molar-refractivity contribution is 0.00145. The smallest absolute Gasteiger partial charge is 0.0900 e. The molecule has 0 aliphatic carbocycles. The highest BCUT2D eigenvalue weighted by Gasteiger charge is 2.17. The molecule has 0 spiro atoms. The molecule has 2 atom stereocenters. The van der Waals surface area contributed by atoms with Crippen molar-refractivity contribution in [1.29, 1.82) is 0 Å². The van der Waals surface area contributed by atoms with Crippen LogP contribution in [0.25, 0.3) is 0 Å². The molecule has 0 saturated carbocycles. The first-order valence-electron chi connectivity index (χ1n) is 9.17. The average Bonchev–Trinajstić information content (AvgIpc) is 2.63. The minimum absolute atomic E-state index is 0.357. The molecule has 0 aromatic heterocycles. The van der Waals surface area contributed by atoms with Gasteiger partial charge in [-0.1, -0.05) is 67.1 Å². The Kier molecular flexibility index (Phi) is 8.13. The number of aryl methyl sites for hydroxylation is 1. The summed E-state index contributed by atoms with van der Waals surface area (Å²) in [5.41, 5.74) is 3.68. The number of ether oxygens (including phenoxy) is 1. The summed E-state index contributed by atoms with van der Waals surface area (Å²) in [6.45, 7) is 8.87. The van der Waals surface area contributed by atoms with Crippen LogP contribution < -0.4 is 0 Å². The molecule has 0 amide bonds. The molecule has 0 bridgehead atoms. The number of hydrogen-bond acceptors (Lipinski definition) is 3. The van der Waals surface area contributed by atoms with Gasteiger partial charge in [-0.3, -0.25) is 4.90 Å². The van der Waals surface area contributed by atoms with E-state index in [1.54, 1.807) is 0 Å². The molecule has 2 aromatic rings. The summed E-state index contributed by atoms with van der Waals surface area (Å²) in [5, 5.41) is 10.4. The zero-order chi connectivity index (χ0) is 18.1. The largest absolute Gasteiger partial charge is 0.389 e.